The van der Waals surface area contributed by atoms with Crippen molar-refractivity contribution in [2.75, 3.05) is 0 Å². The SMILES string of the molecule is C=C=CCC(C)C(=C)CC(=C)CC. The van der Waals surface area contributed by atoms with E-state index in [0.717, 1.165) is 19.3 Å². The Morgan fingerprint density at radius 1 is 1.46 bits per heavy atom. The first-order chi connectivity index (χ1) is 6.11. The van der Waals surface area contributed by atoms with E-state index in [2.05, 4.69) is 39.3 Å². The molecule has 0 radical (unpaired) electrons. The van der Waals surface area contributed by atoms with Crippen LogP contribution in [0.25, 0.3) is 0 Å². The molecule has 0 bridgehead atoms. The molecule has 1 unspecified atom stereocenters. The average molecular weight is 176 g/mol. The van der Waals surface area contributed by atoms with Crippen LogP contribution in [0.2, 0.25) is 0 Å². The number of allylic oxidation sites excluding steroid dienone is 3. The summed E-state index contributed by atoms with van der Waals surface area (Å²) in [6.45, 7) is 15.9. The Labute approximate surface area is 82.4 Å². The highest BCUT2D eigenvalue weighted by Gasteiger charge is 2.05. The van der Waals surface area contributed by atoms with Crippen molar-refractivity contribution >= 4 is 0 Å². The minimum atomic E-state index is 0.512. The topological polar surface area (TPSA) is 0 Å². The molecule has 0 rings (SSSR count). The first-order valence-electron chi connectivity index (χ1n) is 4.80. The largest absolute Gasteiger partial charge is 0.133 e. The van der Waals surface area contributed by atoms with Crippen LogP contribution >= 0.6 is 0 Å². The molecule has 0 aliphatic carbocycles. The summed E-state index contributed by atoms with van der Waals surface area (Å²) in [5.74, 6) is 0.512. The zero-order valence-electron chi connectivity index (χ0n) is 8.90. The van der Waals surface area contributed by atoms with E-state index in [-0.39, 0.29) is 0 Å². The predicted octanol–water partition coefficient (Wildman–Crippen LogP) is 4.27. The van der Waals surface area contributed by atoms with Crippen molar-refractivity contribution in [3.05, 3.63) is 42.7 Å². The average Bonchev–Trinajstić information content (AvgIpc) is 2.13. The van der Waals surface area contributed by atoms with E-state index in [1.54, 1.807) is 0 Å². The molecule has 0 nitrogen and oxygen atoms in total. The highest BCUT2D eigenvalue weighted by molar-refractivity contribution is 5.12. The monoisotopic (exact) mass is 176 g/mol. The summed E-state index contributed by atoms with van der Waals surface area (Å²) in [4.78, 5) is 0. The molecule has 0 N–H and O–H groups in total. The van der Waals surface area contributed by atoms with Crippen LogP contribution in [0.1, 0.15) is 33.1 Å². The second-order valence-electron chi connectivity index (χ2n) is 3.48. The van der Waals surface area contributed by atoms with E-state index in [1.165, 1.54) is 11.1 Å². The van der Waals surface area contributed by atoms with Crippen LogP contribution in [0.3, 0.4) is 0 Å². The van der Waals surface area contributed by atoms with Crippen LogP contribution in [0.15, 0.2) is 42.7 Å². The van der Waals surface area contributed by atoms with E-state index in [4.69, 9.17) is 0 Å². The summed E-state index contributed by atoms with van der Waals surface area (Å²) < 4.78 is 0. The third-order valence-electron chi connectivity index (χ3n) is 2.29. The lowest BCUT2D eigenvalue weighted by Gasteiger charge is -2.13. The number of hydrogen-bond acceptors (Lipinski definition) is 0. The lowest BCUT2D eigenvalue weighted by Crippen LogP contribution is -1.97. The third kappa shape index (κ3) is 5.27. The zero-order valence-corrected chi connectivity index (χ0v) is 8.90. The molecule has 0 aromatic rings. The molecular formula is C13H20. The Bertz CT molecular complexity index is 226. The first kappa shape index (κ1) is 12.0. The zero-order chi connectivity index (χ0) is 10.3. The quantitative estimate of drug-likeness (QED) is 0.419. The van der Waals surface area contributed by atoms with Gasteiger partial charge in [-0.15, -0.1) is 5.73 Å². The van der Waals surface area contributed by atoms with E-state index >= 15 is 0 Å². The molecule has 0 heterocycles. The molecule has 0 spiro atoms. The smallest absolute Gasteiger partial charge is 0.0111 e. The van der Waals surface area contributed by atoms with Crippen molar-refractivity contribution in [3.8, 4) is 0 Å². The van der Waals surface area contributed by atoms with Crippen molar-refractivity contribution in [2.24, 2.45) is 5.92 Å². The summed E-state index contributed by atoms with van der Waals surface area (Å²) in [5, 5.41) is 0. The standard InChI is InChI=1S/C13H20/c1-6-8-9-12(4)13(5)10-11(3)7-2/h8,12H,1,3,5,7,9-10H2,2,4H3. The molecule has 0 aromatic heterocycles. The van der Waals surface area contributed by atoms with Crippen LogP contribution < -0.4 is 0 Å². The van der Waals surface area contributed by atoms with Gasteiger partial charge in [0, 0.05) is 0 Å². The van der Waals surface area contributed by atoms with Gasteiger partial charge in [0.15, 0.2) is 0 Å². The van der Waals surface area contributed by atoms with Gasteiger partial charge in [0.2, 0.25) is 0 Å². The van der Waals surface area contributed by atoms with Gasteiger partial charge in [-0.1, -0.05) is 44.7 Å². The van der Waals surface area contributed by atoms with E-state index in [1.807, 2.05) is 6.08 Å². The fourth-order valence-electron chi connectivity index (χ4n) is 1.05. The third-order valence-corrected chi connectivity index (χ3v) is 2.29. The molecular weight excluding hydrogens is 156 g/mol. The van der Waals surface area contributed by atoms with Crippen molar-refractivity contribution in [2.45, 2.75) is 33.1 Å². The molecule has 0 aliphatic heterocycles. The summed E-state index contributed by atoms with van der Waals surface area (Å²) in [6.07, 6.45) is 4.95. The normalized spacial score (nSPS) is 11.5. The Morgan fingerprint density at radius 3 is 2.54 bits per heavy atom. The predicted molar refractivity (Wildman–Crippen MR) is 60.7 cm³/mol. The molecule has 13 heavy (non-hydrogen) atoms. The Hall–Kier alpha value is -1.00. The van der Waals surface area contributed by atoms with E-state index < -0.39 is 0 Å². The van der Waals surface area contributed by atoms with Crippen LogP contribution in [0, 0.1) is 5.92 Å². The number of rotatable bonds is 6. The number of hydrogen-bond donors (Lipinski definition) is 0. The van der Waals surface area contributed by atoms with Gasteiger partial charge >= 0.3 is 0 Å². The summed E-state index contributed by atoms with van der Waals surface area (Å²) >= 11 is 0. The van der Waals surface area contributed by atoms with Crippen molar-refractivity contribution in [3.63, 3.8) is 0 Å². The van der Waals surface area contributed by atoms with Crippen LogP contribution in [-0.4, -0.2) is 0 Å². The molecule has 0 fully saturated rings. The van der Waals surface area contributed by atoms with E-state index in [0.29, 0.717) is 5.92 Å². The highest BCUT2D eigenvalue weighted by atomic mass is 14.1. The van der Waals surface area contributed by atoms with Gasteiger partial charge < -0.3 is 0 Å². The summed E-state index contributed by atoms with van der Waals surface area (Å²) in [6, 6.07) is 0. The van der Waals surface area contributed by atoms with Crippen molar-refractivity contribution < 1.29 is 0 Å². The first-order valence-corrected chi connectivity index (χ1v) is 4.80. The summed E-state index contributed by atoms with van der Waals surface area (Å²) in [5.41, 5.74) is 5.31. The maximum Gasteiger partial charge on any atom is -0.0111 e. The molecule has 0 amide bonds. The molecule has 0 aromatic carbocycles. The van der Waals surface area contributed by atoms with Gasteiger partial charge in [-0.2, -0.15) is 0 Å². The Morgan fingerprint density at radius 2 is 2.08 bits per heavy atom. The fraction of sp³-hybridized carbons (Fsp3) is 0.462. The minimum absolute atomic E-state index is 0.512. The molecule has 0 aliphatic rings. The molecule has 72 valence electrons. The van der Waals surface area contributed by atoms with Gasteiger partial charge in [-0.25, -0.2) is 0 Å². The second-order valence-corrected chi connectivity index (χ2v) is 3.48. The van der Waals surface area contributed by atoms with Crippen molar-refractivity contribution in [1.82, 2.24) is 0 Å². The van der Waals surface area contributed by atoms with Crippen LogP contribution in [-0.2, 0) is 0 Å². The van der Waals surface area contributed by atoms with Gasteiger partial charge in [-0.05, 0) is 31.3 Å². The van der Waals surface area contributed by atoms with E-state index in [9.17, 15) is 0 Å². The highest BCUT2D eigenvalue weighted by Crippen LogP contribution is 2.21. The molecule has 0 heteroatoms. The Balaban J connectivity index is 3.95. The maximum absolute atomic E-state index is 4.07. The fourth-order valence-corrected chi connectivity index (χ4v) is 1.05. The van der Waals surface area contributed by atoms with Gasteiger partial charge in [-0.3, -0.25) is 0 Å². The maximum atomic E-state index is 4.07. The van der Waals surface area contributed by atoms with Crippen molar-refractivity contribution in [1.29, 1.82) is 0 Å². The summed E-state index contributed by atoms with van der Waals surface area (Å²) in [7, 11) is 0. The lowest BCUT2D eigenvalue weighted by molar-refractivity contribution is 0.673. The molecule has 0 saturated carbocycles. The Kier molecular flexibility index (Phi) is 6.01. The van der Waals surface area contributed by atoms with Gasteiger partial charge in [0.25, 0.3) is 0 Å². The van der Waals surface area contributed by atoms with Crippen LogP contribution in [0.5, 0.6) is 0 Å². The van der Waals surface area contributed by atoms with Crippen LogP contribution in [0.4, 0.5) is 0 Å². The minimum Gasteiger partial charge on any atom is -0.133 e. The molecule has 0 saturated heterocycles. The van der Waals surface area contributed by atoms with Gasteiger partial charge in [0.05, 0.1) is 0 Å². The second kappa shape index (κ2) is 6.51. The molecule has 1 atom stereocenters. The van der Waals surface area contributed by atoms with Gasteiger partial charge in [0.1, 0.15) is 0 Å². The lowest BCUT2D eigenvalue weighted by atomic mass is 9.93.